The van der Waals surface area contributed by atoms with Crippen LogP contribution in [0.2, 0.25) is 0 Å². The molecule has 0 amide bonds. The van der Waals surface area contributed by atoms with Crippen molar-refractivity contribution in [2.45, 2.75) is 23.1 Å². The van der Waals surface area contributed by atoms with E-state index in [1.807, 2.05) is 31.2 Å². The Morgan fingerprint density at radius 3 is 2.20 bits per heavy atom. The number of hydrogen-bond donors (Lipinski definition) is 0. The maximum Gasteiger partial charge on any atom is 0.281 e. The molecule has 0 aliphatic carbocycles. The van der Waals surface area contributed by atoms with E-state index in [0.717, 1.165) is 16.9 Å². The normalized spacial score (nSPS) is 12.4. The summed E-state index contributed by atoms with van der Waals surface area (Å²) >= 11 is 1.77. The monoisotopic (exact) mass is 413 g/mol. The van der Waals surface area contributed by atoms with Crippen molar-refractivity contribution >= 4 is 29.0 Å². The minimum absolute atomic E-state index is 0.218. The number of nitrogens with zero attached hydrogens (tertiary/aromatic N) is 5. The first-order chi connectivity index (χ1) is 14.7. The van der Waals surface area contributed by atoms with Gasteiger partial charge in [-0.2, -0.15) is 4.68 Å². The van der Waals surface area contributed by atoms with Crippen LogP contribution in [0.15, 0.2) is 82.6 Å². The molecule has 0 unspecified atom stereocenters. The van der Waals surface area contributed by atoms with E-state index < -0.39 is 0 Å². The van der Waals surface area contributed by atoms with E-state index in [0.29, 0.717) is 24.4 Å². The van der Waals surface area contributed by atoms with Crippen LogP contribution in [0.5, 0.6) is 0 Å². The van der Waals surface area contributed by atoms with Gasteiger partial charge in [0, 0.05) is 28.3 Å². The van der Waals surface area contributed by atoms with Gasteiger partial charge in [0.05, 0.1) is 11.4 Å². The van der Waals surface area contributed by atoms with Gasteiger partial charge in [0.1, 0.15) is 0 Å². The van der Waals surface area contributed by atoms with Gasteiger partial charge in [0.25, 0.3) is 5.91 Å². The number of anilines is 2. The van der Waals surface area contributed by atoms with Crippen molar-refractivity contribution in [3.63, 3.8) is 0 Å². The molecule has 1 aliphatic rings. The van der Waals surface area contributed by atoms with Gasteiger partial charge in [-0.3, -0.25) is 4.79 Å². The number of para-hydroxylation sites is 2. The summed E-state index contributed by atoms with van der Waals surface area (Å²) in [5, 5.41) is 11.8. The lowest BCUT2D eigenvalue weighted by atomic mass is 10.1. The van der Waals surface area contributed by atoms with Crippen LogP contribution in [-0.4, -0.2) is 32.7 Å². The molecule has 4 aromatic rings. The molecule has 7 heteroatoms. The summed E-state index contributed by atoms with van der Waals surface area (Å²) in [7, 11) is 0. The Kier molecular flexibility index (Phi) is 4.80. The number of rotatable bonds is 4. The van der Waals surface area contributed by atoms with Crippen molar-refractivity contribution in [2.75, 3.05) is 11.4 Å². The second kappa shape index (κ2) is 7.76. The Morgan fingerprint density at radius 2 is 1.53 bits per heavy atom. The summed E-state index contributed by atoms with van der Waals surface area (Å²) in [6.07, 6.45) is 0.540. The summed E-state index contributed by atoms with van der Waals surface area (Å²) in [4.78, 5) is 17.6. The molecule has 148 valence electrons. The number of fused-ring (bicyclic) bond motifs is 2. The largest absolute Gasteiger partial charge is 0.339 e. The molecular formula is C23H19N5OS. The van der Waals surface area contributed by atoms with Gasteiger partial charge in [-0.15, -0.1) is 5.10 Å². The van der Waals surface area contributed by atoms with Gasteiger partial charge in [-0.05, 0) is 53.7 Å². The third-order valence-electron chi connectivity index (χ3n) is 5.12. The lowest BCUT2D eigenvalue weighted by Crippen LogP contribution is -2.25. The zero-order valence-electron chi connectivity index (χ0n) is 16.4. The maximum atomic E-state index is 12.9. The summed E-state index contributed by atoms with van der Waals surface area (Å²) < 4.78 is 1.31. The number of benzene rings is 3. The first-order valence-electron chi connectivity index (χ1n) is 9.73. The van der Waals surface area contributed by atoms with E-state index >= 15 is 0 Å². The molecule has 0 saturated carbocycles. The fourth-order valence-electron chi connectivity index (χ4n) is 3.57. The van der Waals surface area contributed by atoms with E-state index in [1.54, 1.807) is 23.9 Å². The van der Waals surface area contributed by atoms with Crippen molar-refractivity contribution in [1.29, 1.82) is 0 Å². The summed E-state index contributed by atoms with van der Waals surface area (Å²) in [6, 6.07) is 24.1. The molecule has 0 spiro atoms. The lowest BCUT2D eigenvalue weighted by Gasteiger charge is -2.32. The van der Waals surface area contributed by atoms with E-state index in [-0.39, 0.29) is 5.91 Å². The molecule has 6 nitrogen and oxygen atoms in total. The van der Waals surface area contributed by atoms with Crippen LogP contribution in [0.3, 0.4) is 0 Å². The second-order valence-electron chi connectivity index (χ2n) is 7.12. The quantitative estimate of drug-likeness (QED) is 0.459. The predicted octanol–water partition coefficient (Wildman–Crippen LogP) is 4.52. The second-order valence-corrected chi connectivity index (χ2v) is 8.20. The Bertz CT molecular complexity index is 1170. The smallest absolute Gasteiger partial charge is 0.281 e. The average molecular weight is 414 g/mol. The minimum Gasteiger partial charge on any atom is -0.339 e. The molecular weight excluding hydrogens is 394 g/mol. The molecule has 1 aliphatic heterocycles. The predicted molar refractivity (Wildman–Crippen MR) is 116 cm³/mol. The minimum atomic E-state index is -0.218. The first kappa shape index (κ1) is 18.6. The highest BCUT2D eigenvalue weighted by molar-refractivity contribution is 7.99. The highest BCUT2D eigenvalue weighted by Gasteiger charge is 2.24. The SMILES string of the molecule is Cc1ccc(C(=O)n2nnnc2CCN2c3ccccc3Sc3ccccc32)cc1. The van der Waals surface area contributed by atoms with Crippen LogP contribution in [0, 0.1) is 6.92 Å². The highest BCUT2D eigenvalue weighted by atomic mass is 32.2. The van der Waals surface area contributed by atoms with E-state index in [4.69, 9.17) is 0 Å². The number of aryl methyl sites for hydroxylation is 1. The molecule has 30 heavy (non-hydrogen) atoms. The van der Waals surface area contributed by atoms with Crippen LogP contribution in [0.25, 0.3) is 0 Å². The van der Waals surface area contributed by atoms with Crippen molar-refractivity contribution in [2.24, 2.45) is 0 Å². The van der Waals surface area contributed by atoms with E-state index in [9.17, 15) is 4.79 Å². The zero-order chi connectivity index (χ0) is 20.5. The Morgan fingerprint density at radius 1 is 0.900 bits per heavy atom. The highest BCUT2D eigenvalue weighted by Crippen LogP contribution is 2.47. The number of carbonyl (C=O) groups excluding carboxylic acids is 1. The molecule has 0 N–H and O–H groups in total. The summed E-state index contributed by atoms with van der Waals surface area (Å²) in [5.41, 5.74) is 3.98. The maximum absolute atomic E-state index is 12.9. The third kappa shape index (κ3) is 3.37. The number of aromatic nitrogens is 4. The van der Waals surface area contributed by atoms with Crippen molar-refractivity contribution in [3.8, 4) is 0 Å². The Labute approximate surface area is 178 Å². The third-order valence-corrected chi connectivity index (χ3v) is 6.25. The van der Waals surface area contributed by atoms with Crippen molar-refractivity contribution in [3.05, 3.63) is 89.7 Å². The number of carbonyl (C=O) groups is 1. The zero-order valence-corrected chi connectivity index (χ0v) is 17.2. The van der Waals surface area contributed by atoms with Gasteiger partial charge in [-0.1, -0.05) is 53.7 Å². The van der Waals surface area contributed by atoms with Gasteiger partial charge in [-0.25, -0.2) is 0 Å². The standard InChI is InChI=1S/C23H19N5OS/c1-16-10-12-17(13-11-16)23(29)28-22(24-25-26-28)14-15-27-18-6-2-4-8-20(18)30-21-9-5-3-7-19(21)27/h2-13H,14-15H2,1H3. The molecule has 0 fully saturated rings. The van der Waals surface area contributed by atoms with Gasteiger partial charge in [0.2, 0.25) is 0 Å². The van der Waals surface area contributed by atoms with Crippen LogP contribution in [0.4, 0.5) is 11.4 Å². The topological polar surface area (TPSA) is 63.9 Å². The molecule has 1 aromatic heterocycles. The molecule has 0 bridgehead atoms. The Hall–Kier alpha value is -3.45. The fraction of sp³-hybridized carbons (Fsp3) is 0.130. The molecule has 3 aromatic carbocycles. The van der Waals surface area contributed by atoms with E-state index in [1.165, 1.54) is 14.5 Å². The Balaban J connectivity index is 1.42. The summed E-state index contributed by atoms with van der Waals surface area (Å²) in [5.74, 6) is 0.332. The summed E-state index contributed by atoms with van der Waals surface area (Å²) in [6.45, 7) is 2.65. The number of tetrazole rings is 1. The van der Waals surface area contributed by atoms with Crippen LogP contribution >= 0.6 is 11.8 Å². The van der Waals surface area contributed by atoms with Gasteiger partial charge in [0.15, 0.2) is 5.82 Å². The fourth-order valence-corrected chi connectivity index (χ4v) is 4.67. The molecule has 0 saturated heterocycles. The van der Waals surface area contributed by atoms with Crippen molar-refractivity contribution in [1.82, 2.24) is 20.2 Å². The van der Waals surface area contributed by atoms with Crippen LogP contribution in [-0.2, 0) is 6.42 Å². The van der Waals surface area contributed by atoms with Gasteiger partial charge >= 0.3 is 0 Å². The van der Waals surface area contributed by atoms with E-state index in [2.05, 4.69) is 56.8 Å². The first-order valence-corrected chi connectivity index (χ1v) is 10.5. The van der Waals surface area contributed by atoms with Crippen LogP contribution < -0.4 is 4.90 Å². The number of hydrogen-bond acceptors (Lipinski definition) is 6. The molecule has 0 atom stereocenters. The molecule has 5 rings (SSSR count). The molecule has 0 radical (unpaired) electrons. The lowest BCUT2D eigenvalue weighted by molar-refractivity contribution is 0.0939. The van der Waals surface area contributed by atoms with Gasteiger partial charge < -0.3 is 4.90 Å². The molecule has 2 heterocycles. The average Bonchev–Trinajstić information content (AvgIpc) is 3.25. The van der Waals surface area contributed by atoms with Crippen LogP contribution in [0.1, 0.15) is 21.7 Å². The van der Waals surface area contributed by atoms with Crippen molar-refractivity contribution < 1.29 is 4.79 Å².